The van der Waals surface area contributed by atoms with E-state index in [9.17, 15) is 4.79 Å². The highest BCUT2D eigenvalue weighted by molar-refractivity contribution is 5.88. The summed E-state index contributed by atoms with van der Waals surface area (Å²) >= 11 is 0. The van der Waals surface area contributed by atoms with E-state index in [2.05, 4.69) is 34.1 Å². The smallest absolute Gasteiger partial charge is 0.415 e. The molecule has 0 N–H and O–H groups in total. The minimum atomic E-state index is -0.304. The zero-order valence-electron chi connectivity index (χ0n) is 16.3. The Hall–Kier alpha value is -2.40. The average molecular weight is 377 g/mol. The Morgan fingerprint density at radius 2 is 1.82 bits per heavy atom. The molecule has 1 aromatic carbocycles. The first-order valence-electron chi connectivity index (χ1n) is 10.5. The van der Waals surface area contributed by atoms with Crippen molar-refractivity contribution in [2.24, 2.45) is 0 Å². The number of amides is 1. The SMILES string of the molecule is O=C1OCCN1c1ccc(Cc2ccc3c(c2)CCN(C2CCC2)CC3)cn1. The number of hydrogen-bond acceptors (Lipinski definition) is 4. The van der Waals surface area contributed by atoms with Gasteiger partial charge in [-0.1, -0.05) is 30.7 Å². The van der Waals surface area contributed by atoms with Crippen LogP contribution < -0.4 is 4.90 Å². The van der Waals surface area contributed by atoms with E-state index in [1.165, 1.54) is 61.0 Å². The number of benzene rings is 1. The zero-order chi connectivity index (χ0) is 18.9. The van der Waals surface area contributed by atoms with E-state index in [1.54, 1.807) is 4.90 Å². The molecule has 0 spiro atoms. The van der Waals surface area contributed by atoms with Crippen LogP contribution in [0, 0.1) is 0 Å². The molecule has 2 aliphatic heterocycles. The van der Waals surface area contributed by atoms with Gasteiger partial charge in [-0.25, -0.2) is 9.78 Å². The molecule has 146 valence electrons. The van der Waals surface area contributed by atoms with Gasteiger partial charge >= 0.3 is 6.09 Å². The number of carbonyl (C=O) groups excluding carboxylic acids is 1. The largest absolute Gasteiger partial charge is 0.447 e. The lowest BCUT2D eigenvalue weighted by Gasteiger charge is -2.36. The Balaban J connectivity index is 1.26. The van der Waals surface area contributed by atoms with Crippen LogP contribution in [-0.4, -0.2) is 48.3 Å². The Labute approximate surface area is 166 Å². The fraction of sp³-hybridized carbons (Fsp3) is 0.478. The third-order valence-electron chi connectivity index (χ3n) is 6.45. The summed E-state index contributed by atoms with van der Waals surface area (Å²) in [7, 11) is 0. The lowest BCUT2D eigenvalue weighted by atomic mass is 9.91. The predicted molar refractivity (Wildman–Crippen MR) is 109 cm³/mol. The van der Waals surface area contributed by atoms with Gasteiger partial charge in [0.1, 0.15) is 12.4 Å². The Kier molecular flexibility index (Phi) is 4.77. The number of fused-ring (bicyclic) bond motifs is 1. The topological polar surface area (TPSA) is 45.7 Å². The van der Waals surface area contributed by atoms with Crippen molar-refractivity contribution in [1.29, 1.82) is 0 Å². The molecule has 0 atom stereocenters. The van der Waals surface area contributed by atoms with E-state index in [4.69, 9.17) is 4.74 Å². The third kappa shape index (κ3) is 3.51. The molecule has 2 fully saturated rings. The molecule has 3 aliphatic rings. The monoisotopic (exact) mass is 377 g/mol. The molecule has 1 aliphatic carbocycles. The number of pyridine rings is 1. The molecule has 5 nitrogen and oxygen atoms in total. The summed E-state index contributed by atoms with van der Waals surface area (Å²) in [6.45, 7) is 3.42. The molecule has 1 saturated heterocycles. The summed E-state index contributed by atoms with van der Waals surface area (Å²) in [4.78, 5) is 20.4. The van der Waals surface area contributed by atoms with Crippen LogP contribution in [0.3, 0.4) is 0 Å². The zero-order valence-corrected chi connectivity index (χ0v) is 16.3. The highest BCUT2D eigenvalue weighted by Gasteiger charge is 2.26. The maximum Gasteiger partial charge on any atom is 0.415 e. The fourth-order valence-corrected chi connectivity index (χ4v) is 4.54. The van der Waals surface area contributed by atoms with Crippen molar-refractivity contribution in [3.8, 4) is 0 Å². The average Bonchev–Trinajstić information content (AvgIpc) is 2.99. The second kappa shape index (κ2) is 7.55. The van der Waals surface area contributed by atoms with E-state index in [-0.39, 0.29) is 6.09 Å². The maximum absolute atomic E-state index is 11.7. The second-order valence-corrected chi connectivity index (χ2v) is 8.19. The van der Waals surface area contributed by atoms with E-state index < -0.39 is 0 Å². The van der Waals surface area contributed by atoms with Gasteiger partial charge in [-0.2, -0.15) is 0 Å². The highest BCUT2D eigenvalue weighted by Crippen LogP contribution is 2.28. The van der Waals surface area contributed by atoms with Crippen LogP contribution in [0.4, 0.5) is 10.6 Å². The van der Waals surface area contributed by atoms with Crippen molar-refractivity contribution in [3.63, 3.8) is 0 Å². The van der Waals surface area contributed by atoms with Crippen LogP contribution in [0.2, 0.25) is 0 Å². The molecular weight excluding hydrogens is 350 g/mol. The molecule has 1 aromatic heterocycles. The van der Waals surface area contributed by atoms with Crippen molar-refractivity contribution in [2.75, 3.05) is 31.1 Å². The first-order valence-corrected chi connectivity index (χ1v) is 10.5. The van der Waals surface area contributed by atoms with Crippen LogP contribution in [0.1, 0.15) is 41.5 Å². The molecule has 0 bridgehead atoms. The summed E-state index contributed by atoms with van der Waals surface area (Å²) in [5, 5.41) is 0. The van der Waals surface area contributed by atoms with Crippen molar-refractivity contribution >= 4 is 11.9 Å². The van der Waals surface area contributed by atoms with Crippen molar-refractivity contribution in [1.82, 2.24) is 9.88 Å². The van der Waals surface area contributed by atoms with Gasteiger partial charge in [-0.3, -0.25) is 9.80 Å². The van der Waals surface area contributed by atoms with Crippen LogP contribution >= 0.6 is 0 Å². The number of nitrogens with zero attached hydrogens (tertiary/aromatic N) is 3. The fourth-order valence-electron chi connectivity index (χ4n) is 4.54. The van der Waals surface area contributed by atoms with Crippen molar-refractivity contribution in [3.05, 3.63) is 58.8 Å². The number of carbonyl (C=O) groups is 1. The van der Waals surface area contributed by atoms with Crippen LogP contribution in [0.5, 0.6) is 0 Å². The van der Waals surface area contributed by atoms with E-state index in [0.29, 0.717) is 19.0 Å². The summed E-state index contributed by atoms with van der Waals surface area (Å²) in [5.74, 6) is 0.671. The molecule has 5 rings (SSSR count). The Bertz CT molecular complexity index is 861. The van der Waals surface area contributed by atoms with E-state index in [1.807, 2.05) is 12.3 Å². The first-order chi connectivity index (χ1) is 13.8. The Morgan fingerprint density at radius 3 is 2.50 bits per heavy atom. The van der Waals surface area contributed by atoms with Gasteiger partial charge in [-0.05, 0) is 60.4 Å². The second-order valence-electron chi connectivity index (χ2n) is 8.19. The number of anilines is 1. The van der Waals surface area contributed by atoms with Gasteiger partial charge in [0, 0.05) is 25.3 Å². The lowest BCUT2D eigenvalue weighted by molar-refractivity contribution is 0.133. The lowest BCUT2D eigenvalue weighted by Crippen LogP contribution is -2.41. The van der Waals surface area contributed by atoms with Gasteiger partial charge in [0.25, 0.3) is 0 Å². The van der Waals surface area contributed by atoms with Gasteiger partial charge in [-0.15, -0.1) is 0 Å². The van der Waals surface area contributed by atoms with Crippen LogP contribution in [0.15, 0.2) is 36.5 Å². The third-order valence-corrected chi connectivity index (χ3v) is 6.45. The van der Waals surface area contributed by atoms with Crippen LogP contribution in [0.25, 0.3) is 0 Å². The quantitative estimate of drug-likeness (QED) is 0.817. The van der Waals surface area contributed by atoms with E-state index >= 15 is 0 Å². The molecular formula is C23H27N3O2. The maximum atomic E-state index is 11.7. The van der Waals surface area contributed by atoms with E-state index in [0.717, 1.165) is 18.9 Å². The first kappa shape index (κ1) is 17.7. The molecule has 0 unspecified atom stereocenters. The Morgan fingerprint density at radius 1 is 1.00 bits per heavy atom. The normalized spacial score (nSPS) is 20.4. The minimum absolute atomic E-state index is 0.304. The van der Waals surface area contributed by atoms with Crippen molar-refractivity contribution < 1.29 is 9.53 Å². The molecule has 2 aromatic rings. The number of hydrogen-bond donors (Lipinski definition) is 0. The summed E-state index contributed by atoms with van der Waals surface area (Å²) in [5.41, 5.74) is 5.54. The molecule has 1 amide bonds. The number of cyclic esters (lactones) is 1. The molecule has 1 saturated carbocycles. The molecule has 5 heteroatoms. The summed E-state index contributed by atoms with van der Waals surface area (Å²) in [6, 6.07) is 11.8. The standard InChI is InChI=1S/C23H27N3O2/c27-23-26(12-13-28-23)22-7-5-18(16-24-22)14-17-4-6-19-8-10-25(21-2-1-3-21)11-9-20(19)15-17/h4-7,15-16,21H,1-3,8-14H2. The number of ether oxygens (including phenoxy) is 1. The van der Waals surface area contributed by atoms with Gasteiger partial charge in [0.2, 0.25) is 0 Å². The molecule has 3 heterocycles. The minimum Gasteiger partial charge on any atom is -0.447 e. The highest BCUT2D eigenvalue weighted by atomic mass is 16.6. The number of aromatic nitrogens is 1. The van der Waals surface area contributed by atoms with Crippen molar-refractivity contribution in [2.45, 2.75) is 44.6 Å². The van der Waals surface area contributed by atoms with Gasteiger partial charge in [0.15, 0.2) is 0 Å². The van der Waals surface area contributed by atoms with Gasteiger partial charge < -0.3 is 4.74 Å². The molecule has 28 heavy (non-hydrogen) atoms. The summed E-state index contributed by atoms with van der Waals surface area (Å²) < 4.78 is 4.99. The number of rotatable bonds is 4. The van der Waals surface area contributed by atoms with Crippen LogP contribution in [-0.2, 0) is 24.0 Å². The van der Waals surface area contributed by atoms with Gasteiger partial charge in [0.05, 0.1) is 6.54 Å². The summed E-state index contributed by atoms with van der Waals surface area (Å²) in [6.07, 6.45) is 8.97. The molecule has 0 radical (unpaired) electrons. The predicted octanol–water partition coefficient (Wildman–Crippen LogP) is 3.58.